The molecule has 21 heavy (non-hydrogen) atoms. The molecule has 0 aliphatic carbocycles. The number of nitrogens with one attached hydrogen (secondary N) is 2. The topological polar surface area (TPSA) is 76.4 Å². The predicted octanol–water partition coefficient (Wildman–Crippen LogP) is 3.40. The Hall–Kier alpha value is -1.82. The molecule has 1 aliphatic rings. The molecule has 1 fully saturated rings. The second-order valence-electron chi connectivity index (χ2n) is 5.26. The molecule has 6 heteroatoms. The summed E-state index contributed by atoms with van der Waals surface area (Å²) in [4.78, 5) is 10.6. The molecule has 1 unspecified atom stereocenters. The first kappa shape index (κ1) is 15.6. The molecule has 1 aromatic rings. The number of nitrogens with zero attached hydrogens (tertiary/aromatic N) is 1. The van der Waals surface area contributed by atoms with E-state index in [1.54, 1.807) is 12.1 Å². The van der Waals surface area contributed by atoms with Gasteiger partial charge in [-0.05, 0) is 38.7 Å². The van der Waals surface area contributed by atoms with Gasteiger partial charge in [0.1, 0.15) is 0 Å². The molecule has 1 aromatic carbocycles. The van der Waals surface area contributed by atoms with Gasteiger partial charge in [0.2, 0.25) is 0 Å². The van der Waals surface area contributed by atoms with Crippen molar-refractivity contribution in [3.63, 3.8) is 0 Å². The summed E-state index contributed by atoms with van der Waals surface area (Å²) < 4.78 is 5.68. The molecule has 1 saturated heterocycles. The summed E-state index contributed by atoms with van der Waals surface area (Å²) in [6.45, 7) is 4.31. The summed E-state index contributed by atoms with van der Waals surface area (Å²) in [6.07, 6.45) is 4.74. The van der Waals surface area contributed by atoms with E-state index in [9.17, 15) is 10.1 Å². The SMILES string of the molecule is CCNc1cc(NCCC2CCCCO2)cc([N+](=O)[O-])c1. The van der Waals surface area contributed by atoms with Crippen LogP contribution >= 0.6 is 0 Å². The maximum absolute atomic E-state index is 11.0. The maximum atomic E-state index is 11.0. The van der Waals surface area contributed by atoms with Crippen molar-refractivity contribution >= 4 is 17.1 Å². The average Bonchev–Trinajstić information content (AvgIpc) is 2.48. The number of nitro groups is 1. The molecule has 2 rings (SSSR count). The first-order chi connectivity index (χ1) is 10.2. The lowest BCUT2D eigenvalue weighted by molar-refractivity contribution is -0.384. The Morgan fingerprint density at radius 3 is 2.67 bits per heavy atom. The third-order valence-electron chi connectivity index (χ3n) is 3.58. The van der Waals surface area contributed by atoms with Gasteiger partial charge in [-0.3, -0.25) is 10.1 Å². The number of anilines is 2. The summed E-state index contributed by atoms with van der Waals surface area (Å²) in [5, 5.41) is 17.3. The molecular formula is C15H23N3O3. The van der Waals surface area contributed by atoms with Crippen LogP contribution < -0.4 is 10.6 Å². The van der Waals surface area contributed by atoms with Crippen molar-refractivity contribution in [3.05, 3.63) is 28.3 Å². The van der Waals surface area contributed by atoms with Crippen LogP contribution in [0.15, 0.2) is 18.2 Å². The quantitative estimate of drug-likeness (QED) is 0.595. The zero-order valence-corrected chi connectivity index (χ0v) is 12.4. The maximum Gasteiger partial charge on any atom is 0.273 e. The van der Waals surface area contributed by atoms with Gasteiger partial charge in [0.05, 0.1) is 11.0 Å². The van der Waals surface area contributed by atoms with Crippen LogP contribution in [0.4, 0.5) is 17.1 Å². The fraction of sp³-hybridized carbons (Fsp3) is 0.600. The molecule has 1 heterocycles. The van der Waals surface area contributed by atoms with E-state index in [2.05, 4.69) is 10.6 Å². The monoisotopic (exact) mass is 293 g/mol. The van der Waals surface area contributed by atoms with Gasteiger partial charge in [0.25, 0.3) is 5.69 Å². The van der Waals surface area contributed by atoms with Gasteiger partial charge in [-0.1, -0.05) is 0 Å². The summed E-state index contributed by atoms with van der Waals surface area (Å²) in [5.74, 6) is 0. The average molecular weight is 293 g/mol. The lowest BCUT2D eigenvalue weighted by Gasteiger charge is -2.22. The van der Waals surface area contributed by atoms with Gasteiger partial charge in [0, 0.05) is 43.2 Å². The van der Waals surface area contributed by atoms with E-state index in [1.807, 2.05) is 13.0 Å². The molecule has 0 aromatic heterocycles. The zero-order chi connectivity index (χ0) is 15.1. The molecule has 0 amide bonds. The number of hydrogen-bond donors (Lipinski definition) is 2. The van der Waals surface area contributed by atoms with Gasteiger partial charge in [-0.25, -0.2) is 0 Å². The van der Waals surface area contributed by atoms with Gasteiger partial charge >= 0.3 is 0 Å². The van der Waals surface area contributed by atoms with Crippen molar-refractivity contribution in [1.29, 1.82) is 0 Å². The van der Waals surface area contributed by atoms with Crippen LogP contribution in [0.5, 0.6) is 0 Å². The van der Waals surface area contributed by atoms with Crippen molar-refractivity contribution in [2.24, 2.45) is 0 Å². The van der Waals surface area contributed by atoms with Crippen molar-refractivity contribution in [3.8, 4) is 0 Å². The highest BCUT2D eigenvalue weighted by atomic mass is 16.6. The van der Waals surface area contributed by atoms with Crippen LogP contribution in [0.1, 0.15) is 32.6 Å². The molecule has 0 bridgehead atoms. The van der Waals surface area contributed by atoms with E-state index in [4.69, 9.17) is 4.74 Å². The highest BCUT2D eigenvalue weighted by Gasteiger charge is 2.14. The van der Waals surface area contributed by atoms with E-state index >= 15 is 0 Å². The third kappa shape index (κ3) is 4.90. The fourth-order valence-electron chi connectivity index (χ4n) is 2.54. The second-order valence-corrected chi connectivity index (χ2v) is 5.26. The molecule has 116 valence electrons. The molecule has 0 radical (unpaired) electrons. The molecule has 6 nitrogen and oxygen atoms in total. The summed E-state index contributed by atoms with van der Waals surface area (Å²) in [7, 11) is 0. The van der Waals surface area contributed by atoms with E-state index < -0.39 is 0 Å². The largest absolute Gasteiger partial charge is 0.385 e. The Morgan fingerprint density at radius 1 is 1.29 bits per heavy atom. The van der Waals surface area contributed by atoms with E-state index in [-0.39, 0.29) is 10.6 Å². The van der Waals surface area contributed by atoms with Gasteiger partial charge in [0.15, 0.2) is 0 Å². The Bertz CT molecular complexity index is 473. The highest BCUT2D eigenvalue weighted by Crippen LogP contribution is 2.24. The minimum atomic E-state index is -0.365. The van der Waals surface area contributed by atoms with Crippen molar-refractivity contribution in [2.45, 2.75) is 38.7 Å². The van der Waals surface area contributed by atoms with Gasteiger partial charge < -0.3 is 15.4 Å². The third-order valence-corrected chi connectivity index (χ3v) is 3.58. The Labute approximate surface area is 125 Å². The first-order valence-electron chi connectivity index (χ1n) is 7.58. The van der Waals surface area contributed by atoms with Crippen LogP contribution in [-0.4, -0.2) is 30.7 Å². The first-order valence-corrected chi connectivity index (χ1v) is 7.58. The van der Waals surface area contributed by atoms with Crippen LogP contribution in [-0.2, 0) is 4.74 Å². The predicted molar refractivity (Wildman–Crippen MR) is 84.0 cm³/mol. The van der Waals surface area contributed by atoms with E-state index in [0.29, 0.717) is 6.10 Å². The smallest absolute Gasteiger partial charge is 0.273 e. The van der Waals surface area contributed by atoms with Gasteiger partial charge in [-0.15, -0.1) is 0 Å². The van der Waals surface area contributed by atoms with Crippen LogP contribution in [0.2, 0.25) is 0 Å². The minimum Gasteiger partial charge on any atom is -0.385 e. The normalized spacial score (nSPS) is 18.2. The van der Waals surface area contributed by atoms with Gasteiger partial charge in [-0.2, -0.15) is 0 Å². The Kier molecular flexibility index (Phi) is 5.80. The Morgan fingerprint density at radius 2 is 2.05 bits per heavy atom. The lowest BCUT2D eigenvalue weighted by atomic mass is 10.1. The number of ether oxygens (including phenoxy) is 1. The molecule has 1 aliphatic heterocycles. The van der Waals surface area contributed by atoms with Crippen molar-refractivity contribution in [2.75, 3.05) is 30.3 Å². The number of non-ortho nitro benzene ring substituents is 1. The number of hydrogen-bond acceptors (Lipinski definition) is 5. The van der Waals surface area contributed by atoms with Crippen molar-refractivity contribution < 1.29 is 9.66 Å². The lowest BCUT2D eigenvalue weighted by Crippen LogP contribution is -2.22. The second kappa shape index (κ2) is 7.83. The molecule has 0 saturated carbocycles. The van der Waals surface area contributed by atoms with Crippen LogP contribution in [0.25, 0.3) is 0 Å². The standard InChI is InChI=1S/C15H23N3O3/c1-2-16-12-9-13(11-14(10-12)18(19)20)17-7-6-15-5-3-4-8-21-15/h9-11,15-17H,2-8H2,1H3. The minimum absolute atomic E-state index is 0.102. The van der Waals surface area contributed by atoms with Crippen LogP contribution in [0, 0.1) is 10.1 Å². The Balaban J connectivity index is 1.92. The molecular weight excluding hydrogens is 270 g/mol. The van der Waals surface area contributed by atoms with Crippen LogP contribution in [0.3, 0.4) is 0 Å². The summed E-state index contributed by atoms with van der Waals surface area (Å²) in [6, 6.07) is 5.03. The fourth-order valence-corrected chi connectivity index (χ4v) is 2.54. The molecule has 1 atom stereocenters. The summed E-state index contributed by atoms with van der Waals surface area (Å²) in [5.41, 5.74) is 1.64. The molecule has 2 N–H and O–H groups in total. The van der Waals surface area contributed by atoms with E-state index in [0.717, 1.165) is 50.3 Å². The number of rotatable bonds is 7. The highest BCUT2D eigenvalue weighted by molar-refractivity contribution is 5.63. The molecule has 0 spiro atoms. The zero-order valence-electron chi connectivity index (χ0n) is 12.4. The number of benzene rings is 1. The number of nitro benzene ring substituents is 1. The van der Waals surface area contributed by atoms with E-state index in [1.165, 1.54) is 6.42 Å². The summed E-state index contributed by atoms with van der Waals surface area (Å²) >= 11 is 0. The van der Waals surface area contributed by atoms with Crippen molar-refractivity contribution in [1.82, 2.24) is 0 Å².